The largest absolute Gasteiger partial charge is 0.480 e. The number of carbonyl (C=O) groups is 4. The van der Waals surface area contributed by atoms with Crippen LogP contribution in [0.3, 0.4) is 0 Å². The Labute approximate surface area is 181 Å². The molecule has 0 heterocycles. The van der Waals surface area contributed by atoms with Crippen LogP contribution in [-0.4, -0.2) is 53.8 Å². The molecular weight excluding hydrogens is 404 g/mol. The SMILES string of the molecule is CCOC(=O)C1C(CNC(=O)Cc2ccccc2)C1C(NC(=O)OC(C)(C)C)C(=O)O. The molecule has 0 aliphatic heterocycles. The van der Waals surface area contributed by atoms with Gasteiger partial charge in [0.2, 0.25) is 5.91 Å². The third kappa shape index (κ3) is 7.27. The fourth-order valence-electron chi connectivity index (χ4n) is 3.52. The summed E-state index contributed by atoms with van der Waals surface area (Å²) in [7, 11) is 0. The first-order valence-electron chi connectivity index (χ1n) is 10.2. The zero-order valence-corrected chi connectivity index (χ0v) is 18.2. The Bertz CT molecular complexity index is 804. The van der Waals surface area contributed by atoms with E-state index in [-0.39, 0.29) is 25.5 Å². The minimum absolute atomic E-state index is 0.0968. The normalized spacial score (nSPS) is 20.8. The maximum Gasteiger partial charge on any atom is 0.408 e. The number of hydrogen-bond acceptors (Lipinski definition) is 6. The molecule has 1 saturated carbocycles. The number of aliphatic carboxylic acids is 1. The quantitative estimate of drug-likeness (QED) is 0.505. The summed E-state index contributed by atoms with van der Waals surface area (Å²) in [4.78, 5) is 48.5. The van der Waals surface area contributed by atoms with Crippen LogP contribution in [-0.2, 0) is 30.3 Å². The second kappa shape index (κ2) is 10.3. The van der Waals surface area contributed by atoms with Crippen LogP contribution in [0.1, 0.15) is 33.3 Å². The second-order valence-corrected chi connectivity index (χ2v) is 8.45. The predicted octanol–water partition coefficient (Wildman–Crippen LogP) is 1.75. The number of amides is 2. The lowest BCUT2D eigenvalue weighted by molar-refractivity contribution is -0.146. The van der Waals surface area contributed by atoms with Crippen molar-refractivity contribution in [3.63, 3.8) is 0 Å². The number of carboxylic acids is 1. The molecular formula is C22H30N2O7. The van der Waals surface area contributed by atoms with Crippen molar-refractivity contribution in [2.24, 2.45) is 17.8 Å². The van der Waals surface area contributed by atoms with Gasteiger partial charge in [0.15, 0.2) is 0 Å². The molecule has 4 atom stereocenters. The summed E-state index contributed by atoms with van der Waals surface area (Å²) < 4.78 is 10.2. The number of benzene rings is 1. The van der Waals surface area contributed by atoms with E-state index in [4.69, 9.17) is 9.47 Å². The Hall–Kier alpha value is -3.10. The topological polar surface area (TPSA) is 131 Å². The highest BCUT2D eigenvalue weighted by molar-refractivity contribution is 5.85. The van der Waals surface area contributed by atoms with E-state index in [0.29, 0.717) is 0 Å². The molecule has 0 spiro atoms. The Morgan fingerprint density at radius 3 is 2.32 bits per heavy atom. The molecule has 1 aliphatic carbocycles. The highest BCUT2D eigenvalue weighted by Gasteiger charge is 2.61. The maximum absolute atomic E-state index is 12.3. The monoisotopic (exact) mass is 434 g/mol. The van der Waals surface area contributed by atoms with E-state index in [1.165, 1.54) is 0 Å². The Kier molecular flexibility index (Phi) is 8.01. The van der Waals surface area contributed by atoms with E-state index >= 15 is 0 Å². The van der Waals surface area contributed by atoms with Crippen LogP contribution in [0.2, 0.25) is 0 Å². The molecule has 31 heavy (non-hydrogen) atoms. The number of esters is 1. The van der Waals surface area contributed by atoms with Crippen LogP contribution < -0.4 is 10.6 Å². The lowest BCUT2D eigenvalue weighted by atomic mass is 10.1. The molecule has 3 N–H and O–H groups in total. The summed E-state index contributed by atoms with van der Waals surface area (Å²) >= 11 is 0. The first-order valence-corrected chi connectivity index (χ1v) is 10.2. The standard InChI is InChI=1S/C22H30N2O7/c1-5-30-20(28)17-14(12-23-15(25)11-13-9-7-6-8-10-13)16(17)18(19(26)27)24-21(29)31-22(2,3)4/h6-10,14,16-18H,5,11-12H2,1-4H3,(H,23,25)(H,24,29)(H,26,27). The number of alkyl carbamates (subject to hydrolysis) is 1. The molecule has 0 radical (unpaired) electrons. The van der Waals surface area contributed by atoms with Crippen molar-refractivity contribution in [3.8, 4) is 0 Å². The molecule has 1 fully saturated rings. The van der Waals surface area contributed by atoms with Gasteiger partial charge in [-0.15, -0.1) is 0 Å². The zero-order valence-electron chi connectivity index (χ0n) is 18.2. The molecule has 2 amide bonds. The van der Waals surface area contributed by atoms with Gasteiger partial charge in [-0.25, -0.2) is 9.59 Å². The zero-order chi connectivity index (χ0) is 23.2. The first kappa shape index (κ1) is 24.2. The Balaban J connectivity index is 2.04. The van der Waals surface area contributed by atoms with Crippen LogP contribution in [0.25, 0.3) is 0 Å². The van der Waals surface area contributed by atoms with Gasteiger partial charge in [0.05, 0.1) is 18.9 Å². The van der Waals surface area contributed by atoms with Crippen LogP contribution in [0.4, 0.5) is 4.79 Å². The van der Waals surface area contributed by atoms with Gasteiger partial charge in [0, 0.05) is 12.5 Å². The minimum Gasteiger partial charge on any atom is -0.480 e. The molecule has 0 saturated heterocycles. The maximum atomic E-state index is 12.3. The van der Waals surface area contributed by atoms with Crippen LogP contribution in [0, 0.1) is 17.8 Å². The second-order valence-electron chi connectivity index (χ2n) is 8.45. The summed E-state index contributed by atoms with van der Waals surface area (Å²) in [5.41, 5.74) is 0.0338. The van der Waals surface area contributed by atoms with Crippen molar-refractivity contribution in [1.82, 2.24) is 10.6 Å². The summed E-state index contributed by atoms with van der Waals surface area (Å²) in [6, 6.07) is 7.81. The molecule has 1 aromatic rings. The van der Waals surface area contributed by atoms with Crippen molar-refractivity contribution in [3.05, 3.63) is 35.9 Å². The Morgan fingerprint density at radius 1 is 1.13 bits per heavy atom. The molecule has 9 heteroatoms. The Morgan fingerprint density at radius 2 is 1.77 bits per heavy atom. The van der Waals surface area contributed by atoms with Crippen LogP contribution in [0.5, 0.6) is 0 Å². The first-order chi connectivity index (χ1) is 14.5. The number of hydrogen-bond donors (Lipinski definition) is 3. The number of ether oxygens (including phenoxy) is 2. The fraction of sp³-hybridized carbons (Fsp3) is 0.545. The van der Waals surface area contributed by atoms with Gasteiger partial charge in [-0.3, -0.25) is 9.59 Å². The highest BCUT2D eigenvalue weighted by Crippen LogP contribution is 2.49. The summed E-state index contributed by atoms with van der Waals surface area (Å²) in [6.45, 7) is 6.87. The molecule has 170 valence electrons. The fourth-order valence-corrected chi connectivity index (χ4v) is 3.52. The van der Waals surface area contributed by atoms with Crippen LogP contribution >= 0.6 is 0 Å². The number of carboxylic acid groups (broad SMARTS) is 1. The van der Waals surface area contributed by atoms with Crippen LogP contribution in [0.15, 0.2) is 30.3 Å². The highest BCUT2D eigenvalue weighted by atomic mass is 16.6. The molecule has 1 aromatic carbocycles. The lowest BCUT2D eigenvalue weighted by Gasteiger charge is -2.22. The molecule has 2 rings (SSSR count). The molecule has 0 bridgehead atoms. The van der Waals surface area contributed by atoms with Crippen molar-refractivity contribution in [2.45, 2.75) is 45.8 Å². The van der Waals surface area contributed by atoms with E-state index in [1.807, 2.05) is 30.3 Å². The number of rotatable bonds is 9. The van der Waals surface area contributed by atoms with E-state index in [2.05, 4.69) is 10.6 Å². The van der Waals surface area contributed by atoms with Crippen molar-refractivity contribution in [2.75, 3.05) is 13.2 Å². The van der Waals surface area contributed by atoms with E-state index in [0.717, 1.165) is 5.56 Å². The summed E-state index contributed by atoms with van der Waals surface area (Å²) in [5, 5.41) is 14.7. The van der Waals surface area contributed by atoms with E-state index < -0.39 is 47.4 Å². The van der Waals surface area contributed by atoms with Crippen molar-refractivity contribution >= 4 is 23.9 Å². The predicted molar refractivity (Wildman–Crippen MR) is 111 cm³/mol. The molecule has 1 aliphatic rings. The van der Waals surface area contributed by atoms with Gasteiger partial charge in [-0.1, -0.05) is 30.3 Å². The van der Waals surface area contributed by atoms with E-state index in [9.17, 15) is 24.3 Å². The molecule has 9 nitrogen and oxygen atoms in total. The van der Waals surface area contributed by atoms with Gasteiger partial charge < -0.3 is 25.2 Å². The average Bonchev–Trinajstić information content (AvgIpc) is 3.38. The molecule has 0 aromatic heterocycles. The third-order valence-electron chi connectivity index (χ3n) is 4.85. The van der Waals surface area contributed by atoms with Crippen molar-refractivity contribution in [1.29, 1.82) is 0 Å². The third-order valence-corrected chi connectivity index (χ3v) is 4.85. The summed E-state index contributed by atoms with van der Waals surface area (Å²) in [5.74, 6) is -4.02. The lowest BCUT2D eigenvalue weighted by Crippen LogP contribution is -2.46. The van der Waals surface area contributed by atoms with E-state index in [1.54, 1.807) is 27.7 Å². The van der Waals surface area contributed by atoms with Gasteiger partial charge in [-0.05, 0) is 39.2 Å². The summed E-state index contributed by atoms with van der Waals surface area (Å²) in [6.07, 6.45) is -0.720. The van der Waals surface area contributed by atoms with Gasteiger partial charge in [0.25, 0.3) is 0 Å². The number of carbonyl (C=O) groups excluding carboxylic acids is 3. The van der Waals surface area contributed by atoms with Gasteiger partial charge in [0.1, 0.15) is 11.6 Å². The smallest absolute Gasteiger partial charge is 0.408 e. The van der Waals surface area contributed by atoms with Gasteiger partial charge >= 0.3 is 18.0 Å². The van der Waals surface area contributed by atoms with Crippen molar-refractivity contribution < 1.29 is 33.8 Å². The number of nitrogens with one attached hydrogen (secondary N) is 2. The van der Waals surface area contributed by atoms with Gasteiger partial charge in [-0.2, -0.15) is 0 Å². The average molecular weight is 434 g/mol. The molecule has 4 unspecified atom stereocenters. The minimum atomic E-state index is -1.35.